The lowest BCUT2D eigenvalue weighted by molar-refractivity contribution is 0.101. The second-order valence-corrected chi connectivity index (χ2v) is 2.59. The van der Waals surface area contributed by atoms with Gasteiger partial charge in [0.2, 0.25) is 0 Å². The van der Waals surface area contributed by atoms with Crippen LogP contribution in [0.5, 0.6) is 0 Å². The molecule has 1 rings (SSSR count). The van der Waals surface area contributed by atoms with Gasteiger partial charge in [-0.2, -0.15) is 5.26 Å². The molecule has 13 heavy (non-hydrogen) atoms. The molecule has 2 N–H and O–H groups in total. The van der Waals surface area contributed by atoms with Crippen molar-refractivity contribution in [3.8, 4) is 6.07 Å². The summed E-state index contributed by atoms with van der Waals surface area (Å²) in [5.41, 5.74) is 5.24. The average Bonchev–Trinajstić information content (AvgIpc) is 2.02. The van der Waals surface area contributed by atoms with Crippen LogP contribution >= 0.6 is 0 Å². The van der Waals surface area contributed by atoms with E-state index in [1.54, 1.807) is 6.07 Å². The van der Waals surface area contributed by atoms with Crippen molar-refractivity contribution >= 4 is 11.5 Å². The molecule has 0 atom stereocenters. The Hall–Kier alpha value is -1.89. The molecule has 0 heterocycles. The number of anilines is 1. The van der Waals surface area contributed by atoms with E-state index in [9.17, 15) is 9.18 Å². The average molecular weight is 178 g/mol. The fourth-order valence-corrected chi connectivity index (χ4v) is 1.02. The van der Waals surface area contributed by atoms with Gasteiger partial charge >= 0.3 is 0 Å². The van der Waals surface area contributed by atoms with Crippen LogP contribution in [0.3, 0.4) is 0 Å². The number of halogens is 1. The molecule has 0 bridgehead atoms. The lowest BCUT2D eigenvalue weighted by atomic mass is 10.0. The Balaban J connectivity index is 3.50. The summed E-state index contributed by atoms with van der Waals surface area (Å²) >= 11 is 0. The Kier molecular flexibility index (Phi) is 2.29. The van der Waals surface area contributed by atoms with Crippen LogP contribution in [0.2, 0.25) is 0 Å². The van der Waals surface area contributed by atoms with E-state index in [1.807, 2.05) is 0 Å². The van der Waals surface area contributed by atoms with Gasteiger partial charge in [-0.3, -0.25) is 4.79 Å². The number of Topliss-reactive ketones (excluding diaryl/α,β-unsaturated/α-hetero) is 1. The molecule has 0 saturated heterocycles. The Morgan fingerprint density at radius 3 is 2.69 bits per heavy atom. The Labute approximate surface area is 74.6 Å². The van der Waals surface area contributed by atoms with Crippen molar-refractivity contribution in [2.75, 3.05) is 5.73 Å². The minimum Gasteiger partial charge on any atom is -0.399 e. The molecule has 0 saturated carbocycles. The topological polar surface area (TPSA) is 66.9 Å². The first-order chi connectivity index (χ1) is 6.06. The summed E-state index contributed by atoms with van der Waals surface area (Å²) in [4.78, 5) is 11.0. The molecule has 0 aliphatic rings. The van der Waals surface area contributed by atoms with Crippen LogP contribution in [0, 0.1) is 17.1 Å². The zero-order chi connectivity index (χ0) is 10.0. The van der Waals surface area contributed by atoms with Gasteiger partial charge in [-0.15, -0.1) is 0 Å². The van der Waals surface area contributed by atoms with Gasteiger partial charge in [-0.1, -0.05) is 0 Å². The Morgan fingerprint density at radius 1 is 1.62 bits per heavy atom. The van der Waals surface area contributed by atoms with Crippen molar-refractivity contribution in [1.82, 2.24) is 0 Å². The molecule has 0 aromatic heterocycles. The highest BCUT2D eigenvalue weighted by atomic mass is 19.1. The van der Waals surface area contributed by atoms with Gasteiger partial charge in [0.15, 0.2) is 5.78 Å². The molecule has 0 radical (unpaired) electrons. The van der Waals surface area contributed by atoms with Crippen LogP contribution in [0.4, 0.5) is 10.1 Å². The highest BCUT2D eigenvalue weighted by Gasteiger charge is 2.12. The van der Waals surface area contributed by atoms with E-state index in [0.29, 0.717) is 0 Å². The summed E-state index contributed by atoms with van der Waals surface area (Å²) in [7, 11) is 0. The predicted octanol–water partition coefficient (Wildman–Crippen LogP) is 1.48. The van der Waals surface area contributed by atoms with Crippen molar-refractivity contribution in [3.05, 3.63) is 29.1 Å². The van der Waals surface area contributed by atoms with Crippen molar-refractivity contribution < 1.29 is 9.18 Å². The predicted molar refractivity (Wildman–Crippen MR) is 45.5 cm³/mol. The fraction of sp³-hybridized carbons (Fsp3) is 0.111. The molecule has 1 aromatic rings. The summed E-state index contributed by atoms with van der Waals surface area (Å²) < 4.78 is 13.0. The van der Waals surface area contributed by atoms with E-state index in [0.717, 1.165) is 6.07 Å². The van der Waals surface area contributed by atoms with Crippen molar-refractivity contribution in [3.63, 3.8) is 0 Å². The number of nitrogens with two attached hydrogens (primary N) is 1. The van der Waals surface area contributed by atoms with E-state index in [-0.39, 0.29) is 22.6 Å². The largest absolute Gasteiger partial charge is 0.399 e. The minimum atomic E-state index is -0.757. The molecule has 3 nitrogen and oxygen atoms in total. The first kappa shape index (κ1) is 9.20. The number of benzene rings is 1. The van der Waals surface area contributed by atoms with E-state index in [1.165, 1.54) is 13.0 Å². The smallest absolute Gasteiger partial charge is 0.161 e. The molecule has 0 amide bonds. The molecule has 0 fully saturated rings. The van der Waals surface area contributed by atoms with Gasteiger partial charge in [0.25, 0.3) is 0 Å². The quantitative estimate of drug-likeness (QED) is 0.523. The minimum absolute atomic E-state index is 0.0278. The summed E-state index contributed by atoms with van der Waals surface area (Å²) in [5, 5.41) is 8.56. The number of carbonyl (C=O) groups excluding carboxylic acids is 1. The van der Waals surface area contributed by atoms with E-state index < -0.39 is 5.82 Å². The van der Waals surface area contributed by atoms with Crippen molar-refractivity contribution in [1.29, 1.82) is 5.26 Å². The SMILES string of the molecule is CC(=O)c1cc(N)cc(F)c1C#N. The van der Waals surface area contributed by atoms with Gasteiger partial charge in [0, 0.05) is 11.3 Å². The van der Waals surface area contributed by atoms with Gasteiger partial charge in [0.1, 0.15) is 11.9 Å². The van der Waals surface area contributed by atoms with E-state index in [2.05, 4.69) is 0 Å². The molecule has 0 aliphatic carbocycles. The lowest BCUT2D eigenvalue weighted by Crippen LogP contribution is -2.01. The van der Waals surface area contributed by atoms with Crippen LogP contribution in [0.25, 0.3) is 0 Å². The molecule has 4 heteroatoms. The van der Waals surface area contributed by atoms with Crippen molar-refractivity contribution in [2.45, 2.75) is 6.92 Å². The highest BCUT2D eigenvalue weighted by molar-refractivity contribution is 5.97. The summed E-state index contributed by atoms with van der Waals surface area (Å²) in [6.07, 6.45) is 0. The highest BCUT2D eigenvalue weighted by Crippen LogP contribution is 2.17. The van der Waals surface area contributed by atoms with E-state index in [4.69, 9.17) is 11.0 Å². The van der Waals surface area contributed by atoms with Crippen LogP contribution in [-0.2, 0) is 0 Å². The summed E-state index contributed by atoms with van der Waals surface area (Å²) in [6, 6.07) is 3.94. The zero-order valence-electron chi connectivity index (χ0n) is 6.97. The number of nitrogens with zero attached hydrogens (tertiary/aromatic N) is 1. The summed E-state index contributed by atoms with van der Waals surface area (Å²) in [5.74, 6) is -1.13. The van der Waals surface area contributed by atoms with Crippen LogP contribution in [0.1, 0.15) is 22.8 Å². The maximum Gasteiger partial charge on any atom is 0.161 e. The Morgan fingerprint density at radius 2 is 2.23 bits per heavy atom. The third kappa shape index (κ3) is 1.64. The van der Waals surface area contributed by atoms with Crippen LogP contribution < -0.4 is 5.73 Å². The molecule has 0 aliphatic heterocycles. The third-order valence-electron chi connectivity index (χ3n) is 1.60. The number of nitriles is 1. The molecular formula is C9H7FN2O. The van der Waals surface area contributed by atoms with Gasteiger partial charge in [-0.05, 0) is 19.1 Å². The van der Waals surface area contributed by atoms with Crippen molar-refractivity contribution in [2.24, 2.45) is 0 Å². The molecule has 66 valence electrons. The number of ketones is 1. The second kappa shape index (κ2) is 3.23. The third-order valence-corrected chi connectivity index (χ3v) is 1.60. The Bertz CT molecular complexity index is 407. The van der Waals surface area contributed by atoms with Gasteiger partial charge < -0.3 is 5.73 Å². The standard InChI is InChI=1S/C9H7FN2O/c1-5(13)7-2-6(12)3-9(10)8(7)4-11/h2-3H,12H2,1H3. The zero-order valence-corrected chi connectivity index (χ0v) is 6.97. The first-order valence-electron chi connectivity index (χ1n) is 3.56. The van der Waals surface area contributed by atoms with Crippen LogP contribution in [0.15, 0.2) is 12.1 Å². The van der Waals surface area contributed by atoms with Gasteiger partial charge in [0.05, 0.1) is 5.56 Å². The monoisotopic (exact) mass is 178 g/mol. The second-order valence-electron chi connectivity index (χ2n) is 2.59. The number of carbonyl (C=O) groups is 1. The fourth-order valence-electron chi connectivity index (χ4n) is 1.02. The molecule has 0 spiro atoms. The number of nitrogen functional groups attached to an aromatic ring is 1. The maximum absolute atomic E-state index is 13.0. The lowest BCUT2D eigenvalue weighted by Gasteiger charge is -2.02. The van der Waals surface area contributed by atoms with E-state index >= 15 is 0 Å². The summed E-state index contributed by atoms with van der Waals surface area (Å²) in [6.45, 7) is 1.26. The maximum atomic E-state index is 13.0. The number of hydrogen-bond donors (Lipinski definition) is 1. The molecule has 0 unspecified atom stereocenters. The number of hydrogen-bond acceptors (Lipinski definition) is 3. The van der Waals surface area contributed by atoms with Gasteiger partial charge in [-0.25, -0.2) is 4.39 Å². The number of rotatable bonds is 1. The molecular weight excluding hydrogens is 171 g/mol. The first-order valence-corrected chi connectivity index (χ1v) is 3.56. The normalized spacial score (nSPS) is 9.31. The van der Waals surface area contributed by atoms with Crippen LogP contribution in [-0.4, -0.2) is 5.78 Å². The molecule has 1 aromatic carbocycles.